The number of carbonyl (C=O) groups excluding carboxylic acids is 1. The van der Waals surface area contributed by atoms with E-state index in [2.05, 4.69) is 0 Å². The van der Waals surface area contributed by atoms with Crippen LogP contribution in [-0.4, -0.2) is 45.1 Å². The van der Waals surface area contributed by atoms with Crippen LogP contribution in [0.2, 0.25) is 0 Å². The van der Waals surface area contributed by atoms with Crippen LogP contribution >= 0.6 is 11.8 Å². The van der Waals surface area contributed by atoms with E-state index in [-0.39, 0.29) is 23.7 Å². The molecule has 0 saturated carbocycles. The van der Waals surface area contributed by atoms with Gasteiger partial charge in [0.2, 0.25) is 5.91 Å². The van der Waals surface area contributed by atoms with Gasteiger partial charge in [0.15, 0.2) is 0 Å². The Labute approximate surface area is 106 Å². The summed E-state index contributed by atoms with van der Waals surface area (Å²) < 4.78 is 0. The summed E-state index contributed by atoms with van der Waals surface area (Å²) in [6, 6.07) is -0.865. The Morgan fingerprint density at radius 1 is 1.59 bits per heavy atom. The van der Waals surface area contributed by atoms with Gasteiger partial charge in [-0.3, -0.25) is 4.79 Å². The second-order valence-electron chi connectivity index (χ2n) is 4.34. The molecule has 0 spiro atoms. The molecule has 1 amide bonds. The van der Waals surface area contributed by atoms with Crippen LogP contribution in [0.25, 0.3) is 0 Å². The number of hydrogen-bond donors (Lipinski definition) is 2. The summed E-state index contributed by atoms with van der Waals surface area (Å²) in [6.45, 7) is 3.87. The standard InChI is InChI=1S/C11H20N2O3S/c1-3-4-8(12)5-10(14)13-7(2)17-6-9(13)11(15)16/h7-9H,3-6,12H2,1-2H3,(H,15,16). The third-order valence-corrected chi connectivity index (χ3v) is 4.11. The van der Waals surface area contributed by atoms with Crippen molar-refractivity contribution in [1.82, 2.24) is 4.90 Å². The molecule has 1 aliphatic heterocycles. The SMILES string of the molecule is CCCC(N)CC(=O)N1C(C)SCC1C(=O)O. The highest BCUT2D eigenvalue weighted by Crippen LogP contribution is 2.29. The molecule has 17 heavy (non-hydrogen) atoms. The molecule has 0 aromatic heterocycles. The highest BCUT2D eigenvalue weighted by atomic mass is 32.2. The minimum Gasteiger partial charge on any atom is -0.480 e. The minimum atomic E-state index is -0.931. The highest BCUT2D eigenvalue weighted by Gasteiger charge is 2.39. The number of amides is 1. The van der Waals surface area contributed by atoms with E-state index in [9.17, 15) is 9.59 Å². The van der Waals surface area contributed by atoms with Crippen molar-refractivity contribution in [3.63, 3.8) is 0 Å². The van der Waals surface area contributed by atoms with E-state index in [0.717, 1.165) is 12.8 Å². The Bertz CT molecular complexity index is 298. The van der Waals surface area contributed by atoms with Crippen LogP contribution in [0.4, 0.5) is 0 Å². The summed E-state index contributed by atoms with van der Waals surface area (Å²) in [5, 5.41) is 8.98. The molecule has 1 rings (SSSR count). The van der Waals surface area contributed by atoms with E-state index in [1.807, 2.05) is 13.8 Å². The van der Waals surface area contributed by atoms with Gasteiger partial charge >= 0.3 is 5.97 Å². The van der Waals surface area contributed by atoms with Gasteiger partial charge in [0, 0.05) is 18.2 Å². The van der Waals surface area contributed by atoms with Crippen LogP contribution in [0.3, 0.4) is 0 Å². The Morgan fingerprint density at radius 3 is 2.76 bits per heavy atom. The van der Waals surface area contributed by atoms with Crippen molar-refractivity contribution in [2.75, 3.05) is 5.75 Å². The fourth-order valence-electron chi connectivity index (χ4n) is 2.01. The van der Waals surface area contributed by atoms with Crippen molar-refractivity contribution in [1.29, 1.82) is 0 Å². The summed E-state index contributed by atoms with van der Waals surface area (Å²) in [4.78, 5) is 24.5. The number of carbonyl (C=O) groups is 2. The molecule has 1 saturated heterocycles. The lowest BCUT2D eigenvalue weighted by Crippen LogP contribution is -2.46. The van der Waals surface area contributed by atoms with Gasteiger partial charge in [0.05, 0.1) is 5.37 Å². The van der Waals surface area contributed by atoms with Crippen LogP contribution < -0.4 is 5.73 Å². The zero-order valence-electron chi connectivity index (χ0n) is 10.3. The molecular weight excluding hydrogens is 240 g/mol. The highest BCUT2D eigenvalue weighted by molar-refractivity contribution is 8.00. The first-order valence-corrected chi connectivity index (χ1v) is 6.93. The first-order chi connectivity index (χ1) is 7.97. The van der Waals surface area contributed by atoms with Crippen molar-refractivity contribution >= 4 is 23.6 Å². The number of rotatable bonds is 5. The first-order valence-electron chi connectivity index (χ1n) is 5.88. The van der Waals surface area contributed by atoms with Gasteiger partial charge in [0.25, 0.3) is 0 Å². The Hall–Kier alpha value is -0.750. The van der Waals surface area contributed by atoms with E-state index in [1.165, 1.54) is 16.7 Å². The maximum atomic E-state index is 12.0. The van der Waals surface area contributed by atoms with E-state index < -0.39 is 12.0 Å². The number of carboxylic acids is 1. The third kappa shape index (κ3) is 3.61. The minimum absolute atomic E-state index is 0.0718. The summed E-state index contributed by atoms with van der Waals surface area (Å²) in [7, 11) is 0. The zero-order chi connectivity index (χ0) is 13.0. The van der Waals surface area contributed by atoms with Crippen molar-refractivity contribution < 1.29 is 14.7 Å². The quantitative estimate of drug-likeness (QED) is 0.766. The van der Waals surface area contributed by atoms with E-state index >= 15 is 0 Å². The molecule has 0 aromatic carbocycles. The lowest BCUT2D eigenvalue weighted by atomic mass is 10.1. The summed E-state index contributed by atoms with van der Waals surface area (Å²) in [6.07, 6.45) is 1.96. The second kappa shape index (κ2) is 6.26. The molecule has 3 atom stereocenters. The van der Waals surface area contributed by atoms with Crippen LogP contribution in [-0.2, 0) is 9.59 Å². The van der Waals surface area contributed by atoms with E-state index in [1.54, 1.807) is 0 Å². The Kier molecular flexibility index (Phi) is 5.27. The summed E-state index contributed by atoms with van der Waals surface area (Å²) in [5.74, 6) is -0.610. The summed E-state index contributed by atoms with van der Waals surface area (Å²) >= 11 is 1.49. The number of carboxylic acid groups (broad SMARTS) is 1. The van der Waals surface area contributed by atoms with Gasteiger partial charge in [-0.25, -0.2) is 4.79 Å². The Balaban J connectivity index is 2.62. The van der Waals surface area contributed by atoms with E-state index in [0.29, 0.717) is 5.75 Å². The predicted octanol–water partition coefficient (Wildman–Crippen LogP) is 0.879. The molecular formula is C11H20N2O3S. The maximum absolute atomic E-state index is 12.0. The first kappa shape index (κ1) is 14.3. The monoisotopic (exact) mass is 260 g/mol. The molecule has 0 aromatic rings. The average molecular weight is 260 g/mol. The number of hydrogen-bond acceptors (Lipinski definition) is 4. The molecule has 0 radical (unpaired) electrons. The number of nitrogens with two attached hydrogens (primary N) is 1. The normalized spacial score (nSPS) is 25.9. The van der Waals surface area contributed by atoms with Gasteiger partial charge < -0.3 is 15.7 Å². The third-order valence-electron chi connectivity index (χ3n) is 2.89. The zero-order valence-corrected chi connectivity index (χ0v) is 11.1. The van der Waals surface area contributed by atoms with Crippen molar-refractivity contribution in [3.05, 3.63) is 0 Å². The molecule has 0 bridgehead atoms. The fraction of sp³-hybridized carbons (Fsp3) is 0.818. The molecule has 6 heteroatoms. The topological polar surface area (TPSA) is 83.6 Å². The molecule has 98 valence electrons. The molecule has 1 fully saturated rings. The van der Waals surface area contributed by atoms with E-state index in [4.69, 9.17) is 10.8 Å². The predicted molar refractivity (Wildman–Crippen MR) is 67.7 cm³/mol. The second-order valence-corrected chi connectivity index (χ2v) is 5.69. The molecule has 0 aliphatic carbocycles. The van der Waals surface area contributed by atoms with Gasteiger partial charge in [-0.1, -0.05) is 13.3 Å². The van der Waals surface area contributed by atoms with Gasteiger partial charge in [0.1, 0.15) is 6.04 Å². The summed E-state index contributed by atoms with van der Waals surface area (Å²) in [5.41, 5.74) is 5.82. The van der Waals surface area contributed by atoms with Crippen LogP contribution in [0, 0.1) is 0 Å². The van der Waals surface area contributed by atoms with Gasteiger partial charge in [-0.05, 0) is 13.3 Å². The lowest BCUT2D eigenvalue weighted by Gasteiger charge is -2.26. The van der Waals surface area contributed by atoms with Gasteiger partial charge in [-0.15, -0.1) is 11.8 Å². The van der Waals surface area contributed by atoms with Crippen LogP contribution in [0.15, 0.2) is 0 Å². The molecule has 5 nitrogen and oxygen atoms in total. The average Bonchev–Trinajstić information content (AvgIpc) is 2.60. The fourth-order valence-corrected chi connectivity index (χ4v) is 3.20. The molecule has 3 unspecified atom stereocenters. The maximum Gasteiger partial charge on any atom is 0.327 e. The smallest absolute Gasteiger partial charge is 0.327 e. The molecule has 3 N–H and O–H groups in total. The Morgan fingerprint density at radius 2 is 2.24 bits per heavy atom. The van der Waals surface area contributed by atoms with Crippen LogP contribution in [0.1, 0.15) is 33.1 Å². The van der Waals surface area contributed by atoms with Crippen LogP contribution in [0.5, 0.6) is 0 Å². The number of nitrogens with zero attached hydrogens (tertiary/aromatic N) is 1. The van der Waals surface area contributed by atoms with Gasteiger partial charge in [-0.2, -0.15) is 0 Å². The molecule has 1 heterocycles. The lowest BCUT2D eigenvalue weighted by molar-refractivity contribution is -0.149. The number of aliphatic carboxylic acids is 1. The van der Waals surface area contributed by atoms with Crippen molar-refractivity contribution in [3.8, 4) is 0 Å². The number of thioether (sulfide) groups is 1. The molecule has 1 aliphatic rings. The van der Waals surface area contributed by atoms with Crippen molar-refractivity contribution in [2.24, 2.45) is 5.73 Å². The van der Waals surface area contributed by atoms with Crippen molar-refractivity contribution in [2.45, 2.75) is 50.6 Å². The largest absolute Gasteiger partial charge is 0.480 e.